The Morgan fingerprint density at radius 2 is 2.00 bits per heavy atom. The Kier molecular flexibility index (Phi) is 3.87. The molecule has 0 spiro atoms. The summed E-state index contributed by atoms with van der Waals surface area (Å²) in [6.45, 7) is 0. The first-order valence-corrected chi connectivity index (χ1v) is 5.35. The van der Waals surface area contributed by atoms with Crippen LogP contribution in [0, 0.1) is 10.1 Å². The standard InChI is InChI=1S/C9H5BrF3NO3/c10-4-7(15)5-2-1-3-6(14(16)17)8(5)9(11,12)13/h1-3H,4H2. The quantitative estimate of drug-likeness (QED) is 0.373. The molecule has 0 radical (unpaired) electrons. The van der Waals surface area contributed by atoms with E-state index < -0.39 is 33.7 Å². The minimum absolute atomic E-state index is 0.336. The first-order chi connectivity index (χ1) is 7.79. The van der Waals surface area contributed by atoms with Crippen LogP contribution in [0.2, 0.25) is 0 Å². The van der Waals surface area contributed by atoms with Crippen molar-refractivity contribution in [2.45, 2.75) is 6.18 Å². The SMILES string of the molecule is O=C(CBr)c1cccc([N+](=O)[O-])c1C(F)(F)F. The number of Topliss-reactive ketones (excluding diaryl/α,β-unsaturated/α-hetero) is 1. The van der Waals surface area contributed by atoms with Gasteiger partial charge in [-0.25, -0.2) is 0 Å². The van der Waals surface area contributed by atoms with Gasteiger partial charge in [-0.2, -0.15) is 13.2 Å². The molecule has 8 heteroatoms. The molecule has 0 aliphatic carbocycles. The third kappa shape index (κ3) is 2.82. The second-order valence-electron chi connectivity index (χ2n) is 3.01. The Hall–Kier alpha value is -1.44. The van der Waals surface area contributed by atoms with Crippen molar-refractivity contribution in [3.05, 3.63) is 39.4 Å². The van der Waals surface area contributed by atoms with Gasteiger partial charge in [-0.15, -0.1) is 0 Å². The molecule has 0 aromatic heterocycles. The van der Waals surface area contributed by atoms with Gasteiger partial charge in [-0.05, 0) is 0 Å². The van der Waals surface area contributed by atoms with Crippen LogP contribution >= 0.6 is 15.9 Å². The van der Waals surface area contributed by atoms with Crippen LogP contribution in [-0.2, 0) is 6.18 Å². The highest BCUT2D eigenvalue weighted by Crippen LogP contribution is 2.38. The van der Waals surface area contributed by atoms with Crippen LogP contribution in [0.1, 0.15) is 15.9 Å². The molecular weight excluding hydrogens is 307 g/mol. The van der Waals surface area contributed by atoms with Crippen LogP contribution in [0.5, 0.6) is 0 Å². The molecule has 0 N–H and O–H groups in total. The fourth-order valence-corrected chi connectivity index (χ4v) is 1.60. The predicted molar refractivity (Wildman–Crippen MR) is 56.2 cm³/mol. The lowest BCUT2D eigenvalue weighted by Crippen LogP contribution is -2.16. The van der Waals surface area contributed by atoms with Gasteiger partial charge in [0.2, 0.25) is 0 Å². The Balaban J connectivity index is 3.57. The van der Waals surface area contributed by atoms with Gasteiger partial charge in [0.15, 0.2) is 5.78 Å². The van der Waals surface area contributed by atoms with E-state index in [-0.39, 0.29) is 5.33 Å². The molecule has 0 saturated carbocycles. The lowest BCUT2D eigenvalue weighted by molar-refractivity contribution is -0.388. The second kappa shape index (κ2) is 4.82. The number of rotatable bonds is 3. The van der Waals surface area contributed by atoms with Crippen LogP contribution in [0.25, 0.3) is 0 Å². The van der Waals surface area contributed by atoms with Crippen LogP contribution in [0.4, 0.5) is 18.9 Å². The number of halogens is 4. The summed E-state index contributed by atoms with van der Waals surface area (Å²) in [6, 6.07) is 2.68. The van der Waals surface area contributed by atoms with Gasteiger partial charge in [0.1, 0.15) is 5.56 Å². The molecule has 0 unspecified atom stereocenters. The molecule has 0 atom stereocenters. The highest BCUT2D eigenvalue weighted by atomic mass is 79.9. The number of carbonyl (C=O) groups is 1. The molecule has 1 aromatic carbocycles. The van der Waals surface area contributed by atoms with Crippen molar-refractivity contribution in [2.24, 2.45) is 0 Å². The number of alkyl halides is 4. The number of nitro groups is 1. The summed E-state index contributed by atoms with van der Waals surface area (Å²) in [5, 5.41) is 10.2. The molecule has 1 rings (SSSR count). The third-order valence-electron chi connectivity index (χ3n) is 1.94. The minimum atomic E-state index is -4.95. The van der Waals surface area contributed by atoms with E-state index in [4.69, 9.17) is 0 Å². The number of ketones is 1. The Morgan fingerprint density at radius 3 is 2.41 bits per heavy atom. The molecule has 0 bridgehead atoms. The van der Waals surface area contributed by atoms with E-state index >= 15 is 0 Å². The number of hydrogen-bond acceptors (Lipinski definition) is 3. The predicted octanol–water partition coefficient (Wildman–Crippen LogP) is 3.19. The summed E-state index contributed by atoms with van der Waals surface area (Å²) in [6.07, 6.45) is -4.95. The van der Waals surface area contributed by atoms with Gasteiger partial charge >= 0.3 is 6.18 Å². The summed E-state index contributed by atoms with van der Waals surface area (Å²) >= 11 is 2.73. The van der Waals surface area contributed by atoms with Crippen LogP contribution < -0.4 is 0 Å². The number of carbonyl (C=O) groups excluding carboxylic acids is 1. The molecule has 92 valence electrons. The maximum Gasteiger partial charge on any atom is 0.423 e. The van der Waals surface area contributed by atoms with Crippen molar-refractivity contribution in [3.63, 3.8) is 0 Å². The topological polar surface area (TPSA) is 60.2 Å². The number of hydrogen-bond donors (Lipinski definition) is 0. The molecule has 0 amide bonds. The van der Waals surface area contributed by atoms with Crippen molar-refractivity contribution in [1.29, 1.82) is 0 Å². The van der Waals surface area contributed by atoms with E-state index in [2.05, 4.69) is 15.9 Å². The molecule has 0 heterocycles. The average molecular weight is 312 g/mol. The summed E-state index contributed by atoms with van der Waals surface area (Å²) in [5.41, 5.74) is -3.33. The molecule has 17 heavy (non-hydrogen) atoms. The largest absolute Gasteiger partial charge is 0.423 e. The van der Waals surface area contributed by atoms with E-state index in [0.717, 1.165) is 12.1 Å². The molecule has 0 fully saturated rings. The number of nitro benzene ring substituents is 1. The van der Waals surface area contributed by atoms with Gasteiger partial charge in [0, 0.05) is 11.6 Å². The van der Waals surface area contributed by atoms with Crippen molar-refractivity contribution in [2.75, 3.05) is 5.33 Å². The highest BCUT2D eigenvalue weighted by molar-refractivity contribution is 9.09. The van der Waals surface area contributed by atoms with Crippen molar-refractivity contribution in [1.82, 2.24) is 0 Å². The highest BCUT2D eigenvalue weighted by Gasteiger charge is 2.41. The monoisotopic (exact) mass is 311 g/mol. The van der Waals surface area contributed by atoms with E-state index in [0.29, 0.717) is 6.07 Å². The first kappa shape index (κ1) is 13.6. The van der Waals surface area contributed by atoms with Crippen LogP contribution in [-0.4, -0.2) is 16.0 Å². The fraction of sp³-hybridized carbons (Fsp3) is 0.222. The zero-order chi connectivity index (χ0) is 13.2. The van der Waals surface area contributed by atoms with Crippen molar-refractivity contribution in [3.8, 4) is 0 Å². The third-order valence-corrected chi connectivity index (χ3v) is 2.45. The molecular formula is C9H5BrF3NO3. The second-order valence-corrected chi connectivity index (χ2v) is 3.57. The molecule has 1 aromatic rings. The fourth-order valence-electron chi connectivity index (χ4n) is 1.29. The molecule has 4 nitrogen and oxygen atoms in total. The maximum absolute atomic E-state index is 12.7. The van der Waals surface area contributed by atoms with Gasteiger partial charge in [-0.3, -0.25) is 14.9 Å². The lowest BCUT2D eigenvalue weighted by Gasteiger charge is -2.11. The normalized spacial score (nSPS) is 11.3. The van der Waals surface area contributed by atoms with Gasteiger partial charge in [0.25, 0.3) is 5.69 Å². The van der Waals surface area contributed by atoms with Crippen LogP contribution in [0.3, 0.4) is 0 Å². The van der Waals surface area contributed by atoms with Gasteiger partial charge < -0.3 is 0 Å². The summed E-state index contributed by atoms with van der Waals surface area (Å²) in [5.74, 6) is -0.860. The average Bonchev–Trinajstić information content (AvgIpc) is 2.25. The van der Waals surface area contributed by atoms with E-state index in [1.807, 2.05) is 0 Å². The smallest absolute Gasteiger partial charge is 0.293 e. The summed E-state index contributed by atoms with van der Waals surface area (Å²) < 4.78 is 38.1. The molecule has 0 aliphatic heterocycles. The van der Waals surface area contributed by atoms with Crippen molar-refractivity contribution < 1.29 is 22.9 Å². The van der Waals surface area contributed by atoms with Gasteiger partial charge in [-0.1, -0.05) is 28.1 Å². The van der Waals surface area contributed by atoms with Gasteiger partial charge in [0.05, 0.1) is 10.3 Å². The molecule has 0 aliphatic rings. The van der Waals surface area contributed by atoms with E-state index in [1.54, 1.807) is 0 Å². The Bertz CT molecular complexity index is 473. The summed E-state index contributed by atoms with van der Waals surface area (Å²) in [7, 11) is 0. The lowest BCUT2D eigenvalue weighted by atomic mass is 10.0. The maximum atomic E-state index is 12.7. The van der Waals surface area contributed by atoms with Crippen molar-refractivity contribution >= 4 is 27.4 Å². The Morgan fingerprint density at radius 1 is 1.41 bits per heavy atom. The zero-order valence-electron chi connectivity index (χ0n) is 8.12. The first-order valence-electron chi connectivity index (χ1n) is 4.22. The zero-order valence-corrected chi connectivity index (χ0v) is 9.71. The summed E-state index contributed by atoms with van der Waals surface area (Å²) in [4.78, 5) is 20.6. The molecule has 0 saturated heterocycles. The van der Waals surface area contributed by atoms with Crippen LogP contribution in [0.15, 0.2) is 18.2 Å². The van der Waals surface area contributed by atoms with E-state index in [9.17, 15) is 28.1 Å². The number of benzene rings is 1. The Labute approximate surface area is 102 Å². The minimum Gasteiger partial charge on any atom is -0.293 e. The number of nitrogens with zero attached hydrogens (tertiary/aromatic N) is 1. The van der Waals surface area contributed by atoms with E-state index in [1.165, 1.54) is 0 Å².